The summed E-state index contributed by atoms with van der Waals surface area (Å²) in [4.78, 5) is 16.2. The molecule has 1 saturated carbocycles. The van der Waals surface area contributed by atoms with E-state index in [-0.39, 0.29) is 6.03 Å². The van der Waals surface area contributed by atoms with E-state index in [1.807, 2.05) is 30.0 Å². The summed E-state index contributed by atoms with van der Waals surface area (Å²) in [5.74, 6) is 1.11. The number of amides is 2. The second-order valence-corrected chi connectivity index (χ2v) is 6.55. The van der Waals surface area contributed by atoms with Gasteiger partial charge >= 0.3 is 6.03 Å². The molecular weight excluding hydrogens is 270 g/mol. The molecule has 0 aromatic carbocycles. The average molecular weight is 293 g/mol. The largest absolute Gasteiger partial charge is 0.334 e. The summed E-state index contributed by atoms with van der Waals surface area (Å²) in [6.07, 6.45) is 6.54. The first-order valence-electron chi connectivity index (χ1n) is 7.35. The molecule has 0 aliphatic heterocycles. The molecule has 1 fully saturated rings. The normalized spacial score (nSPS) is 22.2. The molecule has 0 spiro atoms. The molecule has 1 heterocycles. The van der Waals surface area contributed by atoms with Gasteiger partial charge in [-0.3, -0.25) is 4.98 Å². The first kappa shape index (κ1) is 15.2. The van der Waals surface area contributed by atoms with Crippen LogP contribution in [-0.2, 0) is 6.54 Å². The fourth-order valence-corrected chi connectivity index (χ4v) is 3.77. The quantitative estimate of drug-likeness (QED) is 0.877. The minimum Gasteiger partial charge on any atom is -0.334 e. The van der Waals surface area contributed by atoms with Gasteiger partial charge in [0.2, 0.25) is 0 Å². The second-order valence-electron chi connectivity index (χ2n) is 5.03. The lowest BCUT2D eigenvalue weighted by Crippen LogP contribution is -2.47. The topological polar surface area (TPSA) is 54.0 Å². The van der Waals surface area contributed by atoms with E-state index in [4.69, 9.17) is 0 Å². The van der Waals surface area contributed by atoms with Crippen molar-refractivity contribution in [3.8, 4) is 0 Å². The van der Waals surface area contributed by atoms with Crippen LogP contribution in [0, 0.1) is 0 Å². The zero-order valence-electron chi connectivity index (χ0n) is 12.0. The van der Waals surface area contributed by atoms with Crippen molar-refractivity contribution in [2.45, 2.75) is 50.4 Å². The summed E-state index contributed by atoms with van der Waals surface area (Å²) in [7, 11) is 0. The number of urea groups is 1. The molecule has 4 nitrogen and oxygen atoms in total. The smallest absolute Gasteiger partial charge is 0.315 e. The van der Waals surface area contributed by atoms with Gasteiger partial charge < -0.3 is 10.6 Å². The van der Waals surface area contributed by atoms with Gasteiger partial charge in [0.25, 0.3) is 0 Å². The van der Waals surface area contributed by atoms with Gasteiger partial charge in [0.15, 0.2) is 0 Å². The van der Waals surface area contributed by atoms with E-state index >= 15 is 0 Å². The number of pyridine rings is 1. The van der Waals surface area contributed by atoms with E-state index in [1.165, 1.54) is 19.3 Å². The number of aromatic nitrogens is 1. The lowest BCUT2D eigenvalue weighted by Gasteiger charge is -2.31. The molecule has 110 valence electrons. The molecule has 1 aliphatic rings. The highest BCUT2D eigenvalue weighted by atomic mass is 32.2. The summed E-state index contributed by atoms with van der Waals surface area (Å²) < 4.78 is 0. The Kier molecular flexibility index (Phi) is 6.18. The van der Waals surface area contributed by atoms with Crippen LogP contribution in [0.3, 0.4) is 0 Å². The minimum absolute atomic E-state index is 0.0794. The van der Waals surface area contributed by atoms with E-state index in [0.29, 0.717) is 17.8 Å². The van der Waals surface area contributed by atoms with Gasteiger partial charge in [0.05, 0.1) is 12.2 Å². The maximum Gasteiger partial charge on any atom is 0.315 e. The molecule has 2 amide bonds. The number of rotatable bonds is 5. The molecule has 2 atom stereocenters. The number of nitrogens with zero attached hydrogens (tertiary/aromatic N) is 1. The number of thioether (sulfide) groups is 1. The van der Waals surface area contributed by atoms with Crippen LogP contribution in [0.1, 0.15) is 38.3 Å². The van der Waals surface area contributed by atoms with Crippen LogP contribution in [0.25, 0.3) is 0 Å². The summed E-state index contributed by atoms with van der Waals surface area (Å²) >= 11 is 1.96. The van der Waals surface area contributed by atoms with Crippen LogP contribution in [0.5, 0.6) is 0 Å². The summed E-state index contributed by atoms with van der Waals surface area (Å²) in [6.45, 7) is 2.66. The maximum atomic E-state index is 12.0. The number of nitrogens with one attached hydrogen (secondary N) is 2. The first-order chi connectivity index (χ1) is 9.79. The summed E-state index contributed by atoms with van der Waals surface area (Å²) in [5.41, 5.74) is 0.880. The number of hydrogen-bond donors (Lipinski definition) is 2. The average Bonchev–Trinajstić information content (AvgIpc) is 2.49. The van der Waals surface area contributed by atoms with E-state index in [1.54, 1.807) is 6.20 Å². The van der Waals surface area contributed by atoms with Gasteiger partial charge in [-0.25, -0.2) is 4.79 Å². The summed E-state index contributed by atoms with van der Waals surface area (Å²) in [5, 5.41) is 6.58. The van der Waals surface area contributed by atoms with Crippen molar-refractivity contribution in [2.75, 3.05) is 5.75 Å². The zero-order chi connectivity index (χ0) is 14.2. The first-order valence-corrected chi connectivity index (χ1v) is 8.40. The fourth-order valence-electron chi connectivity index (χ4n) is 2.57. The van der Waals surface area contributed by atoms with Crippen molar-refractivity contribution in [3.63, 3.8) is 0 Å². The Hall–Kier alpha value is -1.23. The molecule has 0 radical (unpaired) electrons. The molecule has 1 aromatic rings. The van der Waals surface area contributed by atoms with E-state index in [2.05, 4.69) is 22.5 Å². The van der Waals surface area contributed by atoms with Crippen LogP contribution in [-0.4, -0.2) is 28.1 Å². The van der Waals surface area contributed by atoms with Gasteiger partial charge in [0, 0.05) is 17.5 Å². The van der Waals surface area contributed by atoms with Crippen LogP contribution in [0.2, 0.25) is 0 Å². The van der Waals surface area contributed by atoms with Crippen molar-refractivity contribution < 1.29 is 4.79 Å². The Morgan fingerprint density at radius 3 is 3.00 bits per heavy atom. The fraction of sp³-hybridized carbons (Fsp3) is 0.600. The van der Waals surface area contributed by atoms with Crippen molar-refractivity contribution >= 4 is 17.8 Å². The van der Waals surface area contributed by atoms with Gasteiger partial charge in [-0.2, -0.15) is 11.8 Å². The van der Waals surface area contributed by atoms with Crippen molar-refractivity contribution in [2.24, 2.45) is 0 Å². The van der Waals surface area contributed by atoms with E-state index in [9.17, 15) is 4.79 Å². The molecule has 1 aliphatic carbocycles. The van der Waals surface area contributed by atoms with Crippen LogP contribution in [0.15, 0.2) is 24.4 Å². The number of hydrogen-bond acceptors (Lipinski definition) is 3. The highest BCUT2D eigenvalue weighted by Gasteiger charge is 2.26. The predicted octanol–water partition coefficient (Wildman–Crippen LogP) is 2.95. The molecule has 2 N–H and O–H groups in total. The Balaban J connectivity index is 1.78. The number of carbonyl (C=O) groups excluding carboxylic acids is 1. The van der Waals surface area contributed by atoms with Gasteiger partial charge in [-0.1, -0.05) is 25.8 Å². The highest BCUT2D eigenvalue weighted by Crippen LogP contribution is 2.28. The molecular formula is C15H23N3OS. The van der Waals surface area contributed by atoms with Gasteiger partial charge in [0.1, 0.15) is 0 Å². The third-order valence-electron chi connectivity index (χ3n) is 3.56. The maximum absolute atomic E-state index is 12.0. The third-order valence-corrected chi connectivity index (χ3v) is 4.88. The van der Waals surface area contributed by atoms with Crippen LogP contribution in [0.4, 0.5) is 4.79 Å². The molecule has 1 aromatic heterocycles. The molecule has 0 unspecified atom stereocenters. The van der Waals surface area contributed by atoms with Crippen molar-refractivity contribution in [3.05, 3.63) is 30.1 Å². The highest BCUT2D eigenvalue weighted by molar-refractivity contribution is 7.99. The lowest BCUT2D eigenvalue weighted by atomic mass is 9.95. The standard InChI is InChI=1S/C15H23N3OS/c1-2-20-14-9-4-3-8-13(14)18-15(19)17-11-12-7-5-6-10-16-12/h5-7,10,13-14H,2-4,8-9,11H2,1H3,(H2,17,18,19)/t13-,14-/m0/s1. The van der Waals surface area contributed by atoms with Crippen LogP contribution < -0.4 is 10.6 Å². The van der Waals surface area contributed by atoms with E-state index < -0.39 is 0 Å². The zero-order valence-corrected chi connectivity index (χ0v) is 12.8. The Morgan fingerprint density at radius 1 is 1.40 bits per heavy atom. The Labute approximate surface area is 125 Å². The summed E-state index contributed by atoms with van der Waals surface area (Å²) in [6, 6.07) is 5.94. The van der Waals surface area contributed by atoms with Gasteiger partial charge in [-0.05, 0) is 30.7 Å². The molecule has 2 rings (SSSR count). The lowest BCUT2D eigenvalue weighted by molar-refractivity contribution is 0.233. The monoisotopic (exact) mass is 293 g/mol. The van der Waals surface area contributed by atoms with Crippen molar-refractivity contribution in [1.82, 2.24) is 15.6 Å². The SMILES string of the molecule is CCS[C@H]1CCCC[C@@H]1NC(=O)NCc1ccccn1. The second kappa shape index (κ2) is 8.15. The molecule has 0 bridgehead atoms. The number of carbonyl (C=O) groups is 1. The van der Waals surface area contributed by atoms with Crippen molar-refractivity contribution in [1.29, 1.82) is 0 Å². The Morgan fingerprint density at radius 2 is 2.25 bits per heavy atom. The molecule has 20 heavy (non-hydrogen) atoms. The Bertz CT molecular complexity index is 411. The minimum atomic E-state index is -0.0794. The third kappa shape index (κ3) is 4.71. The van der Waals surface area contributed by atoms with Gasteiger partial charge in [-0.15, -0.1) is 0 Å². The predicted molar refractivity (Wildman–Crippen MR) is 83.8 cm³/mol. The van der Waals surface area contributed by atoms with Crippen LogP contribution >= 0.6 is 11.8 Å². The molecule has 0 saturated heterocycles. The van der Waals surface area contributed by atoms with E-state index in [0.717, 1.165) is 17.9 Å². The molecule has 5 heteroatoms.